The maximum absolute atomic E-state index is 13.2. The number of nitrogens with zero attached hydrogens (tertiary/aromatic N) is 1. The highest BCUT2D eigenvalue weighted by Gasteiger charge is 2.32. The Kier molecular flexibility index (Phi) is 5.38. The van der Waals surface area contributed by atoms with Gasteiger partial charge in [0, 0.05) is 6.92 Å². The molecular formula is C21H17NO6S. The van der Waals surface area contributed by atoms with Crippen LogP contribution in [0, 0.1) is 0 Å². The third-order valence-corrected chi connectivity index (χ3v) is 6.01. The third kappa shape index (κ3) is 3.83. The molecular weight excluding hydrogens is 394 g/mol. The van der Waals surface area contributed by atoms with Gasteiger partial charge in [-0.2, -0.15) is 4.31 Å². The SMILES string of the molecule is CC(=O)N(c1cccc(C(=O)O)c1O)S(=O)(=O)c1cccc(-c2ccccc2)c1. The number of rotatable bonds is 5. The first-order chi connectivity index (χ1) is 13.7. The second kappa shape index (κ2) is 7.76. The van der Waals surface area contributed by atoms with Crippen molar-refractivity contribution in [2.75, 3.05) is 4.31 Å². The van der Waals surface area contributed by atoms with Crippen LogP contribution in [0.2, 0.25) is 0 Å². The number of carbonyl (C=O) groups excluding carboxylic acids is 1. The minimum Gasteiger partial charge on any atom is -0.505 e. The Balaban J connectivity index is 2.16. The fourth-order valence-electron chi connectivity index (χ4n) is 2.91. The number of para-hydroxylation sites is 1. The summed E-state index contributed by atoms with van der Waals surface area (Å²) in [5, 5.41) is 19.5. The first-order valence-corrected chi connectivity index (χ1v) is 9.94. The van der Waals surface area contributed by atoms with Crippen molar-refractivity contribution in [1.82, 2.24) is 0 Å². The smallest absolute Gasteiger partial charge is 0.339 e. The van der Waals surface area contributed by atoms with Gasteiger partial charge in [0.05, 0.1) is 4.90 Å². The zero-order valence-electron chi connectivity index (χ0n) is 15.3. The monoisotopic (exact) mass is 411 g/mol. The topological polar surface area (TPSA) is 112 Å². The summed E-state index contributed by atoms with van der Waals surface area (Å²) < 4.78 is 26.9. The van der Waals surface area contributed by atoms with Gasteiger partial charge in [-0.15, -0.1) is 0 Å². The molecule has 0 bridgehead atoms. The minimum atomic E-state index is -4.42. The number of anilines is 1. The molecule has 3 aromatic carbocycles. The molecule has 8 heteroatoms. The molecule has 0 heterocycles. The first kappa shape index (κ1) is 20.1. The molecule has 0 radical (unpaired) electrons. The molecule has 7 nitrogen and oxygen atoms in total. The molecule has 1 amide bonds. The van der Waals surface area contributed by atoms with Crippen molar-refractivity contribution < 1.29 is 28.2 Å². The van der Waals surface area contributed by atoms with Gasteiger partial charge in [-0.05, 0) is 35.4 Å². The largest absolute Gasteiger partial charge is 0.505 e. The number of hydrogen-bond donors (Lipinski definition) is 2. The van der Waals surface area contributed by atoms with Crippen LogP contribution < -0.4 is 4.31 Å². The number of aromatic carboxylic acids is 1. The van der Waals surface area contributed by atoms with Crippen LogP contribution >= 0.6 is 0 Å². The summed E-state index contributed by atoms with van der Waals surface area (Å²) in [5.41, 5.74) is 0.470. The van der Waals surface area contributed by atoms with E-state index in [1.165, 1.54) is 24.3 Å². The molecule has 29 heavy (non-hydrogen) atoms. The quantitative estimate of drug-likeness (QED) is 0.665. The Morgan fingerprint density at radius 3 is 2.10 bits per heavy atom. The highest BCUT2D eigenvalue weighted by molar-refractivity contribution is 7.93. The lowest BCUT2D eigenvalue weighted by Crippen LogP contribution is -2.35. The lowest BCUT2D eigenvalue weighted by molar-refractivity contribution is -0.115. The van der Waals surface area contributed by atoms with E-state index in [9.17, 15) is 28.2 Å². The summed E-state index contributed by atoms with van der Waals surface area (Å²) in [6.07, 6.45) is 0. The van der Waals surface area contributed by atoms with E-state index in [-0.39, 0.29) is 4.90 Å². The number of aromatic hydroxyl groups is 1. The second-order valence-electron chi connectivity index (χ2n) is 6.16. The first-order valence-electron chi connectivity index (χ1n) is 8.50. The number of hydrogen-bond acceptors (Lipinski definition) is 5. The van der Waals surface area contributed by atoms with Crippen LogP contribution in [0.1, 0.15) is 17.3 Å². The van der Waals surface area contributed by atoms with Gasteiger partial charge in [-0.3, -0.25) is 4.79 Å². The highest BCUT2D eigenvalue weighted by Crippen LogP contribution is 2.35. The van der Waals surface area contributed by atoms with Gasteiger partial charge in [-0.1, -0.05) is 48.5 Å². The van der Waals surface area contributed by atoms with Crippen molar-refractivity contribution in [3.8, 4) is 16.9 Å². The van der Waals surface area contributed by atoms with Crippen LogP contribution in [0.3, 0.4) is 0 Å². The van der Waals surface area contributed by atoms with E-state index in [0.29, 0.717) is 9.87 Å². The maximum atomic E-state index is 13.2. The third-order valence-electron chi connectivity index (χ3n) is 4.23. The van der Waals surface area contributed by atoms with E-state index in [0.717, 1.165) is 18.6 Å². The normalized spacial score (nSPS) is 11.1. The van der Waals surface area contributed by atoms with Crippen LogP contribution in [0.4, 0.5) is 5.69 Å². The molecule has 0 aliphatic carbocycles. The number of carboxylic acid groups (broad SMARTS) is 1. The molecule has 0 saturated carbocycles. The predicted octanol–water partition coefficient (Wildman–Crippen LogP) is 3.50. The van der Waals surface area contributed by atoms with Crippen LogP contribution in [-0.2, 0) is 14.8 Å². The molecule has 0 aliphatic heterocycles. The summed E-state index contributed by atoms with van der Waals surface area (Å²) in [5.74, 6) is -3.15. The zero-order chi connectivity index (χ0) is 21.2. The predicted molar refractivity (Wildman–Crippen MR) is 107 cm³/mol. The molecule has 0 atom stereocenters. The molecule has 0 unspecified atom stereocenters. The van der Waals surface area contributed by atoms with Gasteiger partial charge in [0.2, 0.25) is 5.91 Å². The van der Waals surface area contributed by atoms with Gasteiger partial charge in [-0.25, -0.2) is 13.2 Å². The van der Waals surface area contributed by atoms with E-state index >= 15 is 0 Å². The fourth-order valence-corrected chi connectivity index (χ4v) is 4.39. The molecule has 0 aliphatic rings. The van der Waals surface area contributed by atoms with E-state index in [1.54, 1.807) is 12.1 Å². The fraction of sp³-hybridized carbons (Fsp3) is 0.0476. The standard InChI is InChI=1S/C21H17NO6S/c1-14(23)22(19-12-6-11-18(20(19)24)21(25)26)29(27,28)17-10-5-9-16(13-17)15-7-3-2-4-8-15/h2-13,24H,1H3,(H,25,26). The number of sulfonamides is 1. The van der Waals surface area contributed by atoms with Crippen LogP contribution in [0.25, 0.3) is 11.1 Å². The van der Waals surface area contributed by atoms with Crippen molar-refractivity contribution in [3.05, 3.63) is 78.4 Å². The van der Waals surface area contributed by atoms with Crippen LogP contribution in [-0.4, -0.2) is 30.5 Å². The van der Waals surface area contributed by atoms with E-state index < -0.39 is 38.9 Å². The molecule has 0 saturated heterocycles. The summed E-state index contributed by atoms with van der Waals surface area (Å²) in [6, 6.07) is 18.6. The Morgan fingerprint density at radius 1 is 0.862 bits per heavy atom. The summed E-state index contributed by atoms with van der Waals surface area (Å²) in [7, 11) is -4.42. The minimum absolute atomic E-state index is 0.172. The Hall–Kier alpha value is -3.65. The second-order valence-corrected chi connectivity index (χ2v) is 7.95. The van der Waals surface area contributed by atoms with Gasteiger partial charge in [0.15, 0.2) is 5.75 Å². The van der Waals surface area contributed by atoms with Crippen molar-refractivity contribution in [3.63, 3.8) is 0 Å². The van der Waals surface area contributed by atoms with Crippen LogP contribution in [0.5, 0.6) is 5.75 Å². The Bertz CT molecular complexity index is 1190. The maximum Gasteiger partial charge on any atom is 0.339 e. The average Bonchev–Trinajstić information content (AvgIpc) is 2.69. The van der Waals surface area contributed by atoms with Crippen LogP contribution in [0.15, 0.2) is 77.7 Å². The number of amides is 1. The number of carboxylic acids is 1. The van der Waals surface area contributed by atoms with E-state index in [2.05, 4.69) is 0 Å². The molecule has 0 spiro atoms. The summed E-state index contributed by atoms with van der Waals surface area (Å²) in [6.45, 7) is 1.02. The Labute approximate surface area is 167 Å². The highest BCUT2D eigenvalue weighted by atomic mass is 32.2. The van der Waals surface area contributed by atoms with Gasteiger partial charge in [0.25, 0.3) is 10.0 Å². The van der Waals surface area contributed by atoms with E-state index in [1.807, 2.05) is 30.3 Å². The van der Waals surface area contributed by atoms with Crippen molar-refractivity contribution in [1.29, 1.82) is 0 Å². The molecule has 2 N–H and O–H groups in total. The zero-order valence-corrected chi connectivity index (χ0v) is 16.1. The van der Waals surface area contributed by atoms with Gasteiger partial charge < -0.3 is 10.2 Å². The lowest BCUT2D eigenvalue weighted by Gasteiger charge is -2.22. The molecule has 0 aromatic heterocycles. The molecule has 3 aromatic rings. The van der Waals surface area contributed by atoms with Crippen molar-refractivity contribution in [2.24, 2.45) is 0 Å². The summed E-state index contributed by atoms with van der Waals surface area (Å²) in [4.78, 5) is 23.3. The van der Waals surface area contributed by atoms with Crippen molar-refractivity contribution >= 4 is 27.6 Å². The number of carbonyl (C=O) groups is 2. The van der Waals surface area contributed by atoms with Crippen molar-refractivity contribution in [2.45, 2.75) is 11.8 Å². The van der Waals surface area contributed by atoms with Gasteiger partial charge >= 0.3 is 5.97 Å². The van der Waals surface area contributed by atoms with E-state index in [4.69, 9.17) is 0 Å². The lowest BCUT2D eigenvalue weighted by atomic mass is 10.1. The van der Waals surface area contributed by atoms with Gasteiger partial charge in [0.1, 0.15) is 11.3 Å². The summed E-state index contributed by atoms with van der Waals surface area (Å²) >= 11 is 0. The Morgan fingerprint density at radius 2 is 1.48 bits per heavy atom. The molecule has 148 valence electrons. The number of phenols is 1. The average molecular weight is 411 g/mol. The molecule has 3 rings (SSSR count). The molecule has 0 fully saturated rings. The number of benzene rings is 3.